The lowest BCUT2D eigenvalue weighted by atomic mass is 10.1. The summed E-state index contributed by atoms with van der Waals surface area (Å²) in [7, 11) is 3.99. The molecule has 6 rings (SSSR count). The van der Waals surface area contributed by atoms with Crippen molar-refractivity contribution in [1.29, 1.82) is 0 Å². The Hall–Kier alpha value is -4.31. The molecule has 1 saturated heterocycles. The quantitative estimate of drug-likeness (QED) is 0.243. The van der Waals surface area contributed by atoms with Gasteiger partial charge in [0.15, 0.2) is 11.5 Å². The molecule has 0 bridgehead atoms. The third-order valence-electron chi connectivity index (χ3n) is 7.82. The average molecular weight is 596 g/mol. The highest BCUT2D eigenvalue weighted by molar-refractivity contribution is 6.30. The molecule has 43 heavy (non-hydrogen) atoms. The minimum absolute atomic E-state index is 0.203. The van der Waals surface area contributed by atoms with Crippen LogP contribution in [-0.4, -0.2) is 68.7 Å². The number of piperazine rings is 1. The van der Waals surface area contributed by atoms with Crippen LogP contribution in [0, 0.1) is 13.8 Å². The first-order valence-corrected chi connectivity index (χ1v) is 14.7. The number of aryl methyl sites for hydroxylation is 3. The summed E-state index contributed by atoms with van der Waals surface area (Å²) in [4.78, 5) is 27.6. The Kier molecular flexibility index (Phi) is 8.12. The van der Waals surface area contributed by atoms with Crippen LogP contribution >= 0.6 is 11.6 Å². The van der Waals surface area contributed by atoms with Crippen molar-refractivity contribution in [3.63, 3.8) is 0 Å². The fraction of sp³-hybridized carbons (Fsp3) is 0.273. The molecule has 0 spiro atoms. The SMILES string of the molecule is Cc1cc(NC(=O)c2cc(Oc3nc(-c4ccc(Cl)cc4)nc4nn(C)cc34)ccc2C)ccc1CN1CCN(C)CC1. The summed E-state index contributed by atoms with van der Waals surface area (Å²) >= 11 is 6.08. The van der Waals surface area contributed by atoms with Crippen molar-refractivity contribution in [1.82, 2.24) is 29.5 Å². The number of aromatic nitrogens is 4. The van der Waals surface area contributed by atoms with Crippen LogP contribution in [0.1, 0.15) is 27.0 Å². The zero-order valence-corrected chi connectivity index (χ0v) is 25.5. The highest BCUT2D eigenvalue weighted by Crippen LogP contribution is 2.31. The third kappa shape index (κ3) is 6.54. The number of halogens is 1. The van der Waals surface area contributed by atoms with Crippen molar-refractivity contribution in [3.8, 4) is 23.0 Å². The molecule has 10 heteroatoms. The van der Waals surface area contributed by atoms with Crippen molar-refractivity contribution in [2.45, 2.75) is 20.4 Å². The van der Waals surface area contributed by atoms with Crippen molar-refractivity contribution >= 4 is 34.2 Å². The molecule has 5 aromatic rings. The lowest BCUT2D eigenvalue weighted by molar-refractivity contribution is 0.102. The number of amides is 1. The summed E-state index contributed by atoms with van der Waals surface area (Å²) < 4.78 is 7.95. The second-order valence-corrected chi connectivity index (χ2v) is 11.6. The molecule has 1 N–H and O–H groups in total. The van der Waals surface area contributed by atoms with Gasteiger partial charge in [0, 0.05) is 67.8 Å². The Morgan fingerprint density at radius 1 is 0.930 bits per heavy atom. The molecular formula is C33H34ClN7O2. The van der Waals surface area contributed by atoms with Gasteiger partial charge in [0.05, 0.1) is 0 Å². The van der Waals surface area contributed by atoms with Crippen molar-refractivity contribution in [3.05, 3.63) is 94.1 Å². The van der Waals surface area contributed by atoms with Gasteiger partial charge in [0.1, 0.15) is 11.1 Å². The van der Waals surface area contributed by atoms with Gasteiger partial charge in [-0.2, -0.15) is 10.1 Å². The minimum Gasteiger partial charge on any atom is -0.438 e. The Labute approximate surface area is 256 Å². The van der Waals surface area contributed by atoms with Crippen molar-refractivity contribution in [2.75, 3.05) is 38.5 Å². The van der Waals surface area contributed by atoms with Gasteiger partial charge >= 0.3 is 0 Å². The van der Waals surface area contributed by atoms with Crippen LogP contribution in [0.25, 0.3) is 22.4 Å². The van der Waals surface area contributed by atoms with Gasteiger partial charge in [-0.3, -0.25) is 14.4 Å². The van der Waals surface area contributed by atoms with E-state index in [0.29, 0.717) is 39.1 Å². The molecule has 1 fully saturated rings. The van der Waals surface area contributed by atoms with Gasteiger partial charge in [-0.1, -0.05) is 23.7 Å². The Morgan fingerprint density at radius 3 is 2.44 bits per heavy atom. The molecule has 3 aromatic carbocycles. The first kappa shape index (κ1) is 28.8. The standard InChI is InChI=1S/C33H34ClN7O2/c1-21-5-12-27(43-33-29-20-40(4)38-31(29)36-30(37-33)23-6-9-25(34)10-7-23)18-28(21)32(42)35-26-11-8-24(22(2)17-26)19-41-15-13-39(3)14-16-41/h5-12,17-18,20H,13-16,19H2,1-4H3,(H,35,42). The van der Waals surface area contributed by atoms with E-state index in [1.165, 1.54) is 5.56 Å². The number of hydrogen-bond donors (Lipinski definition) is 1. The Morgan fingerprint density at radius 2 is 1.70 bits per heavy atom. The van der Waals surface area contributed by atoms with Gasteiger partial charge in [0.25, 0.3) is 5.91 Å². The number of rotatable bonds is 7. The predicted molar refractivity (Wildman–Crippen MR) is 170 cm³/mol. The average Bonchev–Trinajstić information content (AvgIpc) is 3.37. The van der Waals surface area contributed by atoms with E-state index in [4.69, 9.17) is 21.3 Å². The largest absolute Gasteiger partial charge is 0.438 e. The summed E-state index contributed by atoms with van der Waals surface area (Å²) in [5.41, 5.74) is 5.85. The maximum absolute atomic E-state index is 13.4. The zero-order chi connectivity index (χ0) is 30.1. The van der Waals surface area contributed by atoms with Gasteiger partial charge in [-0.15, -0.1) is 0 Å². The summed E-state index contributed by atoms with van der Waals surface area (Å²) in [6.45, 7) is 9.23. The number of ether oxygens (including phenoxy) is 1. The minimum atomic E-state index is -0.203. The van der Waals surface area contributed by atoms with Crippen LogP contribution < -0.4 is 10.1 Å². The second kappa shape index (κ2) is 12.1. The first-order chi connectivity index (χ1) is 20.7. The maximum atomic E-state index is 13.4. The van der Waals surface area contributed by atoms with Crippen molar-refractivity contribution in [2.24, 2.45) is 7.05 Å². The van der Waals surface area contributed by atoms with Crippen LogP contribution in [0.2, 0.25) is 5.02 Å². The molecule has 0 radical (unpaired) electrons. The van der Waals surface area contributed by atoms with Gasteiger partial charge in [-0.05, 0) is 86.1 Å². The normalized spacial score (nSPS) is 14.3. The van der Waals surface area contributed by atoms with Crippen molar-refractivity contribution < 1.29 is 9.53 Å². The molecule has 0 atom stereocenters. The van der Waals surface area contributed by atoms with Gasteiger partial charge in [0.2, 0.25) is 5.88 Å². The van der Waals surface area contributed by atoms with Crippen LogP contribution in [0.4, 0.5) is 5.69 Å². The summed E-state index contributed by atoms with van der Waals surface area (Å²) in [5, 5.41) is 8.83. The number of benzene rings is 3. The topological polar surface area (TPSA) is 88.4 Å². The Balaban J connectivity index is 1.21. The smallest absolute Gasteiger partial charge is 0.256 e. The molecule has 2 aromatic heterocycles. The molecule has 220 valence electrons. The molecule has 1 aliphatic rings. The number of carbonyl (C=O) groups excluding carboxylic acids is 1. The van der Waals surface area contributed by atoms with Gasteiger partial charge in [-0.25, -0.2) is 4.98 Å². The molecule has 3 heterocycles. The zero-order valence-electron chi connectivity index (χ0n) is 24.8. The van der Waals surface area contributed by atoms with E-state index in [-0.39, 0.29) is 5.91 Å². The number of carbonyl (C=O) groups is 1. The van der Waals surface area contributed by atoms with E-state index >= 15 is 0 Å². The first-order valence-electron chi connectivity index (χ1n) is 14.3. The molecule has 1 aliphatic heterocycles. The Bertz CT molecular complexity index is 1790. The highest BCUT2D eigenvalue weighted by atomic mass is 35.5. The van der Waals surface area contributed by atoms with E-state index in [1.807, 2.05) is 56.6 Å². The van der Waals surface area contributed by atoms with Crippen LogP contribution in [-0.2, 0) is 13.6 Å². The molecule has 0 saturated carbocycles. The second-order valence-electron chi connectivity index (χ2n) is 11.2. The molecule has 0 unspecified atom stereocenters. The maximum Gasteiger partial charge on any atom is 0.256 e. The van der Waals surface area contributed by atoms with E-state index in [0.717, 1.165) is 55.1 Å². The fourth-order valence-corrected chi connectivity index (χ4v) is 5.34. The molecular weight excluding hydrogens is 562 g/mol. The predicted octanol–water partition coefficient (Wildman–Crippen LogP) is 6.09. The van der Waals surface area contributed by atoms with Crippen LogP contribution in [0.3, 0.4) is 0 Å². The number of fused-ring (bicyclic) bond motifs is 1. The monoisotopic (exact) mass is 595 g/mol. The lowest BCUT2D eigenvalue weighted by Gasteiger charge is -2.32. The van der Waals surface area contributed by atoms with Gasteiger partial charge < -0.3 is 15.0 Å². The highest BCUT2D eigenvalue weighted by Gasteiger charge is 2.18. The molecule has 1 amide bonds. The number of nitrogens with one attached hydrogen (secondary N) is 1. The van der Waals surface area contributed by atoms with E-state index < -0.39 is 0 Å². The number of anilines is 1. The van der Waals surface area contributed by atoms with Crippen LogP contribution in [0.15, 0.2) is 66.9 Å². The molecule has 0 aliphatic carbocycles. The number of nitrogens with zero attached hydrogens (tertiary/aromatic N) is 6. The number of likely N-dealkylation sites (N-methyl/N-ethyl adjacent to an activating group) is 1. The van der Waals surface area contributed by atoms with E-state index in [2.05, 4.69) is 45.2 Å². The van der Waals surface area contributed by atoms with Crippen LogP contribution in [0.5, 0.6) is 11.6 Å². The fourth-order valence-electron chi connectivity index (χ4n) is 5.21. The third-order valence-corrected chi connectivity index (χ3v) is 8.07. The number of hydrogen-bond acceptors (Lipinski definition) is 7. The summed E-state index contributed by atoms with van der Waals surface area (Å²) in [6, 6.07) is 18.9. The van der Waals surface area contributed by atoms with E-state index in [9.17, 15) is 4.79 Å². The summed E-state index contributed by atoms with van der Waals surface area (Å²) in [6.07, 6.45) is 1.81. The summed E-state index contributed by atoms with van der Waals surface area (Å²) in [5.74, 6) is 1.10. The van der Waals surface area contributed by atoms with E-state index in [1.54, 1.807) is 22.9 Å². The lowest BCUT2D eigenvalue weighted by Crippen LogP contribution is -2.43. The molecule has 9 nitrogen and oxygen atoms in total.